The zero-order valence-corrected chi connectivity index (χ0v) is 4.46. The predicted molar refractivity (Wildman–Crippen MR) is 34.4 cm³/mol. The van der Waals surface area contributed by atoms with Crippen molar-refractivity contribution in [2.24, 2.45) is 0 Å². The maximum atomic E-state index is 5.10. The van der Waals surface area contributed by atoms with E-state index >= 15 is 0 Å². The van der Waals surface area contributed by atoms with E-state index in [9.17, 15) is 0 Å². The fraction of sp³-hybridized carbons (Fsp3) is 0. The van der Waals surface area contributed by atoms with Crippen molar-refractivity contribution in [3.05, 3.63) is 35.9 Å². The lowest BCUT2D eigenvalue weighted by molar-refractivity contribution is 1.65. The van der Waals surface area contributed by atoms with Gasteiger partial charge in [0, 0.05) is 5.56 Å². The summed E-state index contributed by atoms with van der Waals surface area (Å²) in [5.74, 6) is 2.53. The van der Waals surface area contributed by atoms with E-state index in [1.807, 2.05) is 30.3 Å². The molecule has 0 nitrogen and oxygen atoms in total. The summed E-state index contributed by atoms with van der Waals surface area (Å²) in [4.78, 5) is 0. The Balaban J connectivity index is 3.05. The van der Waals surface area contributed by atoms with E-state index in [1.54, 1.807) is 0 Å². The van der Waals surface area contributed by atoms with Crippen molar-refractivity contribution in [3.8, 4) is 12.3 Å². The molecule has 0 aliphatic carbocycles. The number of benzene rings is 1. The molecule has 0 heteroatoms. The first kappa shape index (κ1) is 4.93. The molecule has 0 aliphatic rings. The molecular weight excluding hydrogens is 97.1 g/mol. The lowest BCUT2D eigenvalue weighted by Gasteiger charge is -1.82. The molecule has 0 heterocycles. The van der Waals surface area contributed by atoms with E-state index in [2.05, 4.69) is 5.92 Å². The molecule has 1 aromatic rings. The van der Waals surface area contributed by atoms with Crippen LogP contribution in [0.15, 0.2) is 30.3 Å². The van der Waals surface area contributed by atoms with Gasteiger partial charge in [0.2, 0.25) is 0 Å². The molecule has 0 atom stereocenters. The fourth-order valence-electron chi connectivity index (χ4n) is 0.534. The topological polar surface area (TPSA) is 0 Å². The number of terminal acetylenes is 1. The molecule has 1 aromatic carbocycles. The second-order valence-corrected chi connectivity index (χ2v) is 1.51. The van der Waals surface area contributed by atoms with Gasteiger partial charge < -0.3 is 0 Å². The average Bonchev–Trinajstić information content (AvgIpc) is 1.90. The van der Waals surface area contributed by atoms with Crippen molar-refractivity contribution >= 4 is 0 Å². The summed E-state index contributed by atoms with van der Waals surface area (Å²) >= 11 is 0. The van der Waals surface area contributed by atoms with Crippen LogP contribution in [0.4, 0.5) is 0 Å². The summed E-state index contributed by atoms with van der Waals surface area (Å²) in [7, 11) is 0. The van der Waals surface area contributed by atoms with Crippen LogP contribution < -0.4 is 0 Å². The van der Waals surface area contributed by atoms with Gasteiger partial charge in [-0.3, -0.25) is 0 Å². The van der Waals surface area contributed by atoms with Crippen LogP contribution in [0, 0.1) is 12.3 Å². The minimum absolute atomic E-state index is 0.938. The van der Waals surface area contributed by atoms with E-state index in [0.29, 0.717) is 0 Å². The van der Waals surface area contributed by atoms with Crippen LogP contribution >= 0.6 is 0 Å². The third-order valence-electron chi connectivity index (χ3n) is 0.940. The van der Waals surface area contributed by atoms with Crippen molar-refractivity contribution in [1.82, 2.24) is 0 Å². The van der Waals surface area contributed by atoms with E-state index in [4.69, 9.17) is 6.42 Å². The Labute approximate surface area is 49.2 Å². The average molecular weight is 103 g/mol. The molecule has 0 amide bonds. The molecule has 0 aromatic heterocycles. The Kier molecular flexibility index (Phi) is 1.34. The highest BCUT2D eigenvalue weighted by molar-refractivity contribution is 5.30. The monoisotopic (exact) mass is 103 g/mol. The third-order valence-corrected chi connectivity index (χ3v) is 0.940. The Morgan fingerprint density at radius 3 is 2.12 bits per heavy atom. The van der Waals surface area contributed by atoms with Crippen LogP contribution in [0.3, 0.4) is 0 Å². The molecule has 0 radical (unpaired) electrons. The quantitative estimate of drug-likeness (QED) is 0.438. The highest BCUT2D eigenvalue weighted by Gasteiger charge is 1.76. The maximum absolute atomic E-state index is 5.10. The van der Waals surface area contributed by atoms with Crippen LogP contribution in [0.2, 0.25) is 0 Å². The lowest BCUT2D eigenvalue weighted by Crippen LogP contribution is -1.66. The van der Waals surface area contributed by atoms with E-state index in [0.717, 1.165) is 5.56 Å². The summed E-state index contributed by atoms with van der Waals surface area (Å²) in [6.45, 7) is 0. The van der Waals surface area contributed by atoms with Crippen molar-refractivity contribution in [3.63, 3.8) is 0 Å². The van der Waals surface area contributed by atoms with Gasteiger partial charge in [0.05, 0.1) is 0 Å². The normalized spacial score (nSPS) is 7.88. The van der Waals surface area contributed by atoms with Crippen LogP contribution in [-0.2, 0) is 0 Å². The van der Waals surface area contributed by atoms with Gasteiger partial charge in [-0.15, -0.1) is 6.42 Å². The molecular formula is C8H6. The molecule has 38 valence electrons. The SMILES string of the molecule is C#C[13c]1ccccc1. The van der Waals surface area contributed by atoms with Crippen LogP contribution in [0.1, 0.15) is 5.56 Å². The molecule has 0 N–H and O–H groups in total. The summed E-state index contributed by atoms with van der Waals surface area (Å²) in [5, 5.41) is 0. The van der Waals surface area contributed by atoms with Crippen molar-refractivity contribution < 1.29 is 0 Å². The number of hydrogen-bond acceptors (Lipinski definition) is 0. The van der Waals surface area contributed by atoms with Crippen molar-refractivity contribution in [2.75, 3.05) is 0 Å². The first-order valence-electron chi connectivity index (χ1n) is 2.45. The second kappa shape index (κ2) is 2.18. The highest BCUT2D eigenvalue weighted by atomic mass is 14.2. The molecule has 0 fully saturated rings. The minimum Gasteiger partial charge on any atom is -0.115 e. The Morgan fingerprint density at radius 1 is 1.12 bits per heavy atom. The summed E-state index contributed by atoms with van der Waals surface area (Å²) in [6, 6.07) is 9.60. The largest absolute Gasteiger partial charge is 0.115 e. The molecule has 0 aliphatic heterocycles. The van der Waals surface area contributed by atoms with Gasteiger partial charge in [-0.25, -0.2) is 0 Å². The van der Waals surface area contributed by atoms with E-state index < -0.39 is 0 Å². The lowest BCUT2D eigenvalue weighted by atomic mass is 10.4. The predicted octanol–water partition coefficient (Wildman–Crippen LogP) is 1.67. The summed E-state index contributed by atoms with van der Waals surface area (Å²) in [6.07, 6.45) is 5.10. The van der Waals surface area contributed by atoms with Gasteiger partial charge in [-0.05, 0) is 12.1 Å². The molecule has 0 unspecified atom stereocenters. The van der Waals surface area contributed by atoms with Gasteiger partial charge in [0.15, 0.2) is 0 Å². The van der Waals surface area contributed by atoms with Gasteiger partial charge in [-0.1, -0.05) is 24.1 Å². The maximum Gasteiger partial charge on any atom is 0.0242 e. The summed E-state index contributed by atoms with van der Waals surface area (Å²) in [5.41, 5.74) is 0.938. The first-order valence-corrected chi connectivity index (χ1v) is 2.45. The van der Waals surface area contributed by atoms with Gasteiger partial charge >= 0.3 is 0 Å². The molecule has 0 spiro atoms. The van der Waals surface area contributed by atoms with Gasteiger partial charge in [0.1, 0.15) is 0 Å². The van der Waals surface area contributed by atoms with Crippen molar-refractivity contribution in [1.29, 1.82) is 0 Å². The zero-order valence-electron chi connectivity index (χ0n) is 4.46. The van der Waals surface area contributed by atoms with Crippen molar-refractivity contribution in [2.45, 2.75) is 0 Å². The van der Waals surface area contributed by atoms with E-state index in [-0.39, 0.29) is 0 Å². The molecule has 1 rings (SSSR count). The first-order chi connectivity index (χ1) is 3.93. The third kappa shape index (κ3) is 0.886. The second-order valence-electron chi connectivity index (χ2n) is 1.51. The molecule has 8 heavy (non-hydrogen) atoms. The fourth-order valence-corrected chi connectivity index (χ4v) is 0.534. The van der Waals surface area contributed by atoms with Crippen LogP contribution in [-0.4, -0.2) is 0 Å². The molecule has 0 saturated carbocycles. The zero-order chi connectivity index (χ0) is 5.82. The Hall–Kier alpha value is -1.22. The van der Waals surface area contributed by atoms with Crippen LogP contribution in [0.25, 0.3) is 0 Å². The smallest absolute Gasteiger partial charge is 0.0242 e. The van der Waals surface area contributed by atoms with E-state index in [1.165, 1.54) is 0 Å². The van der Waals surface area contributed by atoms with Crippen LogP contribution in [0.5, 0.6) is 0 Å². The molecule has 0 saturated heterocycles. The summed E-state index contributed by atoms with van der Waals surface area (Å²) < 4.78 is 0. The van der Waals surface area contributed by atoms with Gasteiger partial charge in [-0.2, -0.15) is 0 Å². The minimum atomic E-state index is 0.938. The Morgan fingerprint density at radius 2 is 1.75 bits per heavy atom. The Bertz CT molecular complexity index is 191. The van der Waals surface area contributed by atoms with Gasteiger partial charge in [0.25, 0.3) is 0 Å². The standard InChI is InChI=1S/C8H6/c1-2-8-6-4-3-5-7-8/h1,3-7H/i8+1. The highest BCUT2D eigenvalue weighted by Crippen LogP contribution is 1.92. The number of hydrogen-bond donors (Lipinski definition) is 0. The number of rotatable bonds is 0. The molecule has 0 bridgehead atoms.